The number of aryl methyl sites for hydroxylation is 1. The maximum atomic E-state index is 11.3. The first-order valence-corrected chi connectivity index (χ1v) is 7.96. The summed E-state index contributed by atoms with van der Waals surface area (Å²) in [6.07, 6.45) is 0.526. The molecule has 2 atom stereocenters. The Bertz CT molecular complexity index is 492. The lowest BCUT2D eigenvalue weighted by Crippen LogP contribution is -2.29. The summed E-state index contributed by atoms with van der Waals surface area (Å²) in [5.41, 5.74) is 1.23. The molecule has 1 aromatic carbocycles. The molecular weight excluding hydrogens is 252 g/mol. The van der Waals surface area contributed by atoms with E-state index in [4.69, 9.17) is 4.74 Å². The SMILES string of the molecule is CCCc1ccc(OC2CS(=O)(=O)CC2O)cc1. The van der Waals surface area contributed by atoms with Crippen LogP contribution in [0.5, 0.6) is 5.75 Å². The topological polar surface area (TPSA) is 63.6 Å². The highest BCUT2D eigenvalue weighted by molar-refractivity contribution is 7.91. The largest absolute Gasteiger partial charge is 0.487 e. The summed E-state index contributed by atoms with van der Waals surface area (Å²) in [6, 6.07) is 7.58. The molecule has 1 aromatic rings. The number of hydrogen-bond acceptors (Lipinski definition) is 4. The monoisotopic (exact) mass is 270 g/mol. The first kappa shape index (κ1) is 13.4. The lowest BCUT2D eigenvalue weighted by molar-refractivity contribution is 0.0738. The third-order valence-electron chi connectivity index (χ3n) is 3.02. The molecule has 2 rings (SSSR count). The van der Waals surface area contributed by atoms with Gasteiger partial charge in [0.15, 0.2) is 9.84 Å². The van der Waals surface area contributed by atoms with Crippen LogP contribution < -0.4 is 4.74 Å². The molecule has 4 nitrogen and oxygen atoms in total. The van der Waals surface area contributed by atoms with E-state index in [9.17, 15) is 13.5 Å². The first-order valence-electron chi connectivity index (χ1n) is 6.14. The van der Waals surface area contributed by atoms with E-state index in [1.54, 1.807) is 0 Å². The fourth-order valence-electron chi connectivity index (χ4n) is 2.11. The number of hydrogen-bond donors (Lipinski definition) is 1. The van der Waals surface area contributed by atoms with Crippen molar-refractivity contribution in [2.45, 2.75) is 32.0 Å². The van der Waals surface area contributed by atoms with Crippen molar-refractivity contribution in [1.82, 2.24) is 0 Å². The van der Waals surface area contributed by atoms with E-state index >= 15 is 0 Å². The summed E-state index contributed by atoms with van der Waals surface area (Å²) >= 11 is 0. The van der Waals surface area contributed by atoms with Crippen molar-refractivity contribution in [2.75, 3.05) is 11.5 Å². The molecule has 0 aromatic heterocycles. The molecule has 0 saturated carbocycles. The Hall–Kier alpha value is -1.07. The standard InChI is InChI=1S/C13H18O4S/c1-2-3-10-4-6-11(7-5-10)17-13-9-18(15,16)8-12(13)14/h4-7,12-14H,2-3,8-9H2,1H3. The number of aliphatic hydroxyl groups excluding tert-OH is 1. The smallest absolute Gasteiger partial charge is 0.156 e. The van der Waals surface area contributed by atoms with Crippen LogP contribution in [-0.2, 0) is 16.3 Å². The van der Waals surface area contributed by atoms with Crippen LogP contribution in [0.2, 0.25) is 0 Å². The van der Waals surface area contributed by atoms with Crippen molar-refractivity contribution in [3.8, 4) is 5.75 Å². The summed E-state index contributed by atoms with van der Waals surface area (Å²) in [5, 5.41) is 9.62. The minimum absolute atomic E-state index is 0.106. The van der Waals surface area contributed by atoms with E-state index in [-0.39, 0.29) is 11.5 Å². The molecule has 18 heavy (non-hydrogen) atoms. The zero-order valence-corrected chi connectivity index (χ0v) is 11.2. The van der Waals surface area contributed by atoms with Gasteiger partial charge in [-0.1, -0.05) is 25.5 Å². The van der Waals surface area contributed by atoms with Crippen LogP contribution >= 0.6 is 0 Å². The first-order chi connectivity index (χ1) is 8.50. The van der Waals surface area contributed by atoms with Gasteiger partial charge in [0.2, 0.25) is 0 Å². The van der Waals surface area contributed by atoms with E-state index in [1.165, 1.54) is 5.56 Å². The Morgan fingerprint density at radius 3 is 2.44 bits per heavy atom. The van der Waals surface area contributed by atoms with Crippen molar-refractivity contribution < 1.29 is 18.3 Å². The summed E-state index contributed by atoms with van der Waals surface area (Å²) in [5.74, 6) is 0.298. The molecule has 100 valence electrons. The van der Waals surface area contributed by atoms with E-state index < -0.39 is 22.0 Å². The van der Waals surface area contributed by atoms with Crippen molar-refractivity contribution >= 4 is 9.84 Å². The number of ether oxygens (including phenoxy) is 1. The van der Waals surface area contributed by atoms with Gasteiger partial charge in [-0.2, -0.15) is 0 Å². The Balaban J connectivity index is 2.01. The fraction of sp³-hybridized carbons (Fsp3) is 0.538. The van der Waals surface area contributed by atoms with E-state index in [0.29, 0.717) is 5.75 Å². The zero-order chi connectivity index (χ0) is 13.2. The van der Waals surface area contributed by atoms with Crippen LogP contribution in [0, 0.1) is 0 Å². The van der Waals surface area contributed by atoms with E-state index in [0.717, 1.165) is 12.8 Å². The second-order valence-corrected chi connectivity index (χ2v) is 6.85. The van der Waals surface area contributed by atoms with Gasteiger partial charge in [-0.3, -0.25) is 0 Å². The molecule has 1 heterocycles. The Morgan fingerprint density at radius 2 is 1.94 bits per heavy atom. The molecule has 1 saturated heterocycles. The average molecular weight is 270 g/mol. The molecule has 0 aliphatic carbocycles. The van der Waals surface area contributed by atoms with E-state index in [2.05, 4.69) is 6.92 Å². The van der Waals surface area contributed by atoms with Crippen LogP contribution in [0.15, 0.2) is 24.3 Å². The molecule has 1 N–H and O–H groups in total. The van der Waals surface area contributed by atoms with Gasteiger partial charge in [0, 0.05) is 0 Å². The summed E-state index contributed by atoms with van der Waals surface area (Å²) in [4.78, 5) is 0. The van der Waals surface area contributed by atoms with Crippen molar-refractivity contribution in [1.29, 1.82) is 0 Å². The Kier molecular flexibility index (Phi) is 3.92. The van der Waals surface area contributed by atoms with Gasteiger partial charge in [0.25, 0.3) is 0 Å². The second kappa shape index (κ2) is 5.28. The predicted molar refractivity (Wildman–Crippen MR) is 69.5 cm³/mol. The van der Waals surface area contributed by atoms with Crippen LogP contribution in [-0.4, -0.2) is 37.2 Å². The normalized spacial score (nSPS) is 26.1. The molecule has 1 aliphatic rings. The van der Waals surface area contributed by atoms with Crippen LogP contribution in [0.25, 0.3) is 0 Å². The minimum atomic E-state index is -3.16. The van der Waals surface area contributed by atoms with Crippen molar-refractivity contribution in [3.05, 3.63) is 29.8 Å². The third-order valence-corrected chi connectivity index (χ3v) is 4.71. The fourth-order valence-corrected chi connectivity index (χ4v) is 3.77. The maximum Gasteiger partial charge on any atom is 0.156 e. The number of benzene rings is 1. The van der Waals surface area contributed by atoms with Crippen LogP contribution in [0.3, 0.4) is 0 Å². The molecular formula is C13H18O4S. The summed E-state index contributed by atoms with van der Waals surface area (Å²) in [6.45, 7) is 2.12. The third kappa shape index (κ3) is 3.23. The number of sulfone groups is 1. The average Bonchev–Trinajstić information content (AvgIpc) is 2.55. The summed E-state index contributed by atoms with van der Waals surface area (Å²) in [7, 11) is -3.16. The number of aliphatic hydroxyl groups is 1. The van der Waals surface area contributed by atoms with Gasteiger partial charge < -0.3 is 9.84 Å². The molecule has 5 heteroatoms. The molecule has 2 unspecified atom stereocenters. The van der Waals surface area contributed by atoms with Gasteiger partial charge in [0.1, 0.15) is 18.0 Å². The highest BCUT2D eigenvalue weighted by atomic mass is 32.2. The minimum Gasteiger partial charge on any atom is -0.487 e. The van der Waals surface area contributed by atoms with Crippen molar-refractivity contribution in [3.63, 3.8) is 0 Å². The number of rotatable bonds is 4. The lowest BCUT2D eigenvalue weighted by atomic mass is 10.1. The zero-order valence-electron chi connectivity index (χ0n) is 10.4. The van der Waals surface area contributed by atoms with Gasteiger partial charge in [-0.25, -0.2) is 8.42 Å². The van der Waals surface area contributed by atoms with Crippen LogP contribution in [0.1, 0.15) is 18.9 Å². The van der Waals surface area contributed by atoms with Crippen molar-refractivity contribution in [2.24, 2.45) is 0 Å². The van der Waals surface area contributed by atoms with Crippen LogP contribution in [0.4, 0.5) is 0 Å². The molecule has 0 amide bonds. The Morgan fingerprint density at radius 1 is 1.28 bits per heavy atom. The highest BCUT2D eigenvalue weighted by Crippen LogP contribution is 2.21. The van der Waals surface area contributed by atoms with Gasteiger partial charge in [0.05, 0.1) is 11.5 Å². The molecule has 0 spiro atoms. The molecule has 1 fully saturated rings. The van der Waals surface area contributed by atoms with E-state index in [1.807, 2.05) is 24.3 Å². The Labute approximate surface area is 108 Å². The summed E-state index contributed by atoms with van der Waals surface area (Å²) < 4.78 is 28.2. The highest BCUT2D eigenvalue weighted by Gasteiger charge is 2.38. The quantitative estimate of drug-likeness (QED) is 0.892. The molecule has 0 radical (unpaired) electrons. The van der Waals surface area contributed by atoms with Gasteiger partial charge in [-0.05, 0) is 24.1 Å². The second-order valence-electron chi connectivity index (χ2n) is 4.69. The van der Waals surface area contributed by atoms with Gasteiger partial charge in [-0.15, -0.1) is 0 Å². The van der Waals surface area contributed by atoms with Gasteiger partial charge >= 0.3 is 0 Å². The maximum absolute atomic E-state index is 11.3. The predicted octanol–water partition coefficient (Wildman–Crippen LogP) is 1.18. The lowest BCUT2D eigenvalue weighted by Gasteiger charge is -2.15. The molecule has 0 bridgehead atoms. The molecule has 1 aliphatic heterocycles.